The number of hydrogen-bond donors (Lipinski definition) is 3. The molecule has 0 radical (unpaired) electrons. The summed E-state index contributed by atoms with van der Waals surface area (Å²) in [5, 5.41) is 29.7. The summed E-state index contributed by atoms with van der Waals surface area (Å²) in [6.07, 6.45) is 1.48. The van der Waals surface area contributed by atoms with Gasteiger partial charge in [0, 0.05) is 11.6 Å². The van der Waals surface area contributed by atoms with Crippen LogP contribution < -0.4 is 4.74 Å². The molecule has 0 spiro atoms. The number of aliphatic hydroxyl groups is 1. The van der Waals surface area contributed by atoms with Crippen molar-refractivity contribution in [2.45, 2.75) is 39.7 Å². The molecular formula is C18H24O5. The van der Waals surface area contributed by atoms with Crippen LogP contribution in [0.5, 0.6) is 17.2 Å². The van der Waals surface area contributed by atoms with Gasteiger partial charge < -0.3 is 20.1 Å². The number of methoxy groups -OCH3 is 1. The van der Waals surface area contributed by atoms with Crippen LogP contribution in [0, 0.1) is 0 Å². The van der Waals surface area contributed by atoms with Gasteiger partial charge in [0.15, 0.2) is 5.78 Å². The molecule has 126 valence electrons. The summed E-state index contributed by atoms with van der Waals surface area (Å²) >= 11 is 0. The van der Waals surface area contributed by atoms with E-state index in [4.69, 9.17) is 4.74 Å². The highest BCUT2D eigenvalue weighted by Crippen LogP contribution is 2.37. The molecule has 5 heteroatoms. The Balaban J connectivity index is 0.000000593. The van der Waals surface area contributed by atoms with Crippen LogP contribution in [0.2, 0.25) is 0 Å². The molecule has 0 fully saturated rings. The number of aliphatic hydroxyl groups excluding tert-OH is 1. The molecule has 0 heterocycles. The molecule has 0 aliphatic heterocycles. The number of phenols is 2. The van der Waals surface area contributed by atoms with Crippen molar-refractivity contribution in [2.75, 3.05) is 7.11 Å². The zero-order chi connectivity index (χ0) is 17.6. The second-order valence-electron chi connectivity index (χ2n) is 5.28. The Bertz CT molecular complexity index is 675. The molecule has 1 atom stereocenters. The molecular weight excluding hydrogens is 296 g/mol. The van der Waals surface area contributed by atoms with Gasteiger partial charge in [-0.3, -0.25) is 4.79 Å². The monoisotopic (exact) mass is 320 g/mol. The highest BCUT2D eigenvalue weighted by atomic mass is 16.5. The number of phenolic OH excluding ortho intramolecular Hbond substituents is 2. The van der Waals surface area contributed by atoms with Gasteiger partial charge in [-0.05, 0) is 30.5 Å². The first-order chi connectivity index (χ1) is 10.8. The standard InChI is InChI=1S/C14H14O5.C4H10/c1-7(15)14(18)9-3-8-4-10(19-2)6-12(17)13(8)11(16)5-9;1-3-4-2/h3-7,15-17H,1-2H3;3-4H2,1-2H3. The molecule has 0 aliphatic rings. The van der Waals surface area contributed by atoms with E-state index in [9.17, 15) is 20.1 Å². The quantitative estimate of drug-likeness (QED) is 0.749. The van der Waals surface area contributed by atoms with Crippen molar-refractivity contribution >= 4 is 16.6 Å². The van der Waals surface area contributed by atoms with Crippen molar-refractivity contribution in [3.05, 3.63) is 29.8 Å². The molecule has 23 heavy (non-hydrogen) atoms. The van der Waals surface area contributed by atoms with Crippen molar-refractivity contribution in [2.24, 2.45) is 0 Å². The van der Waals surface area contributed by atoms with Crippen molar-refractivity contribution in [1.29, 1.82) is 0 Å². The van der Waals surface area contributed by atoms with Crippen LogP contribution in [-0.2, 0) is 0 Å². The fourth-order valence-electron chi connectivity index (χ4n) is 1.94. The van der Waals surface area contributed by atoms with E-state index in [2.05, 4.69) is 13.8 Å². The van der Waals surface area contributed by atoms with E-state index in [0.717, 1.165) is 0 Å². The minimum absolute atomic E-state index is 0.136. The zero-order valence-corrected chi connectivity index (χ0v) is 14.0. The van der Waals surface area contributed by atoms with Crippen LogP contribution in [-0.4, -0.2) is 34.3 Å². The average Bonchev–Trinajstić information content (AvgIpc) is 2.53. The van der Waals surface area contributed by atoms with Gasteiger partial charge in [-0.15, -0.1) is 0 Å². The fraction of sp³-hybridized carbons (Fsp3) is 0.389. The van der Waals surface area contributed by atoms with Crippen LogP contribution in [0.1, 0.15) is 44.0 Å². The maximum atomic E-state index is 11.7. The van der Waals surface area contributed by atoms with Gasteiger partial charge >= 0.3 is 0 Å². The normalized spacial score (nSPS) is 11.5. The summed E-state index contributed by atoms with van der Waals surface area (Å²) in [4.78, 5) is 11.7. The largest absolute Gasteiger partial charge is 0.507 e. The van der Waals surface area contributed by atoms with Crippen LogP contribution in [0.3, 0.4) is 0 Å². The first kappa shape index (κ1) is 18.8. The second-order valence-corrected chi connectivity index (χ2v) is 5.28. The van der Waals surface area contributed by atoms with Crippen molar-refractivity contribution < 1.29 is 24.9 Å². The molecule has 2 aromatic carbocycles. The van der Waals surface area contributed by atoms with Crippen LogP contribution in [0.15, 0.2) is 24.3 Å². The third-order valence-corrected chi connectivity index (χ3v) is 3.38. The van der Waals surface area contributed by atoms with E-state index in [0.29, 0.717) is 11.1 Å². The van der Waals surface area contributed by atoms with Gasteiger partial charge in [0.1, 0.15) is 23.4 Å². The molecule has 0 amide bonds. The molecule has 5 nitrogen and oxygen atoms in total. The molecule has 0 saturated carbocycles. The molecule has 1 unspecified atom stereocenters. The van der Waals surface area contributed by atoms with Crippen LogP contribution in [0.25, 0.3) is 10.8 Å². The minimum Gasteiger partial charge on any atom is -0.507 e. The van der Waals surface area contributed by atoms with Gasteiger partial charge in [-0.25, -0.2) is 0 Å². The van der Waals surface area contributed by atoms with E-state index < -0.39 is 11.9 Å². The first-order valence-electron chi connectivity index (χ1n) is 7.61. The predicted molar refractivity (Wildman–Crippen MR) is 90.4 cm³/mol. The Morgan fingerprint density at radius 1 is 1.09 bits per heavy atom. The number of benzene rings is 2. The first-order valence-corrected chi connectivity index (χ1v) is 7.61. The number of aromatic hydroxyl groups is 2. The lowest BCUT2D eigenvalue weighted by Crippen LogP contribution is -2.15. The Morgan fingerprint density at radius 2 is 1.65 bits per heavy atom. The minimum atomic E-state index is -1.16. The fourth-order valence-corrected chi connectivity index (χ4v) is 1.94. The lowest BCUT2D eigenvalue weighted by molar-refractivity contribution is 0.0779. The summed E-state index contributed by atoms with van der Waals surface area (Å²) in [6.45, 7) is 5.71. The Morgan fingerprint density at radius 3 is 2.13 bits per heavy atom. The van der Waals surface area contributed by atoms with E-state index in [-0.39, 0.29) is 22.4 Å². The number of carbonyl (C=O) groups is 1. The molecule has 0 bridgehead atoms. The number of Topliss-reactive ketones (excluding diaryl/α,β-unsaturated/α-hetero) is 1. The Hall–Kier alpha value is -2.27. The Labute approximate surface area is 136 Å². The summed E-state index contributed by atoms with van der Waals surface area (Å²) in [5.41, 5.74) is 0.174. The van der Waals surface area contributed by atoms with Gasteiger partial charge in [0.05, 0.1) is 12.5 Å². The Kier molecular flexibility index (Phi) is 6.85. The number of unbranched alkanes of at least 4 members (excludes halogenated alkanes) is 1. The predicted octanol–water partition coefficient (Wildman–Crippen LogP) is 3.63. The van der Waals surface area contributed by atoms with Gasteiger partial charge in [-0.2, -0.15) is 0 Å². The van der Waals surface area contributed by atoms with Gasteiger partial charge in [0.2, 0.25) is 0 Å². The van der Waals surface area contributed by atoms with Gasteiger partial charge in [-0.1, -0.05) is 26.7 Å². The summed E-state index contributed by atoms with van der Waals surface area (Å²) < 4.78 is 5.01. The number of hydrogen-bond acceptors (Lipinski definition) is 5. The summed E-state index contributed by atoms with van der Waals surface area (Å²) in [6, 6.07) is 5.68. The average molecular weight is 320 g/mol. The smallest absolute Gasteiger partial charge is 0.191 e. The molecule has 0 aliphatic carbocycles. The van der Waals surface area contributed by atoms with E-state index in [1.54, 1.807) is 6.07 Å². The third kappa shape index (κ3) is 4.60. The second kappa shape index (κ2) is 8.39. The van der Waals surface area contributed by atoms with Crippen LogP contribution >= 0.6 is 0 Å². The van der Waals surface area contributed by atoms with Crippen LogP contribution in [0.4, 0.5) is 0 Å². The van der Waals surface area contributed by atoms with E-state index in [1.165, 1.54) is 45.1 Å². The maximum Gasteiger partial charge on any atom is 0.191 e. The molecule has 2 rings (SSSR count). The highest BCUT2D eigenvalue weighted by molar-refractivity contribution is 6.05. The summed E-state index contributed by atoms with van der Waals surface area (Å²) in [7, 11) is 1.45. The number of rotatable bonds is 4. The number of ketones is 1. The number of ether oxygens (including phenoxy) is 1. The van der Waals surface area contributed by atoms with E-state index in [1.807, 2.05) is 0 Å². The highest BCUT2D eigenvalue weighted by Gasteiger charge is 2.16. The van der Waals surface area contributed by atoms with E-state index >= 15 is 0 Å². The third-order valence-electron chi connectivity index (χ3n) is 3.38. The van der Waals surface area contributed by atoms with Crippen molar-refractivity contribution in [1.82, 2.24) is 0 Å². The number of carbonyl (C=O) groups excluding carboxylic acids is 1. The lowest BCUT2D eigenvalue weighted by atomic mass is 10.0. The van der Waals surface area contributed by atoms with Crippen molar-refractivity contribution in [3.8, 4) is 17.2 Å². The van der Waals surface area contributed by atoms with Gasteiger partial charge in [0.25, 0.3) is 0 Å². The topological polar surface area (TPSA) is 87.0 Å². The molecule has 2 aromatic rings. The lowest BCUT2D eigenvalue weighted by Gasteiger charge is -2.10. The zero-order valence-electron chi connectivity index (χ0n) is 14.0. The van der Waals surface area contributed by atoms with Crippen molar-refractivity contribution in [3.63, 3.8) is 0 Å². The maximum absolute atomic E-state index is 11.7. The SMILES string of the molecule is CCCC.COc1cc(O)c2c(O)cc(C(=O)C(C)O)cc2c1. The molecule has 0 saturated heterocycles. The number of fused-ring (bicyclic) bond motifs is 1. The molecule has 0 aromatic heterocycles. The summed E-state index contributed by atoms with van der Waals surface area (Å²) in [5.74, 6) is -0.449. The molecule has 3 N–H and O–H groups in total.